The molecule has 60 heavy (non-hydrogen) atoms. The highest BCUT2D eigenvalue weighted by Gasteiger charge is 2.17. The molecule has 280 valence electrons. The smallest absolute Gasteiger partial charge is 0.0171 e. The van der Waals surface area contributed by atoms with Crippen molar-refractivity contribution >= 4 is 0 Å². The Morgan fingerprint density at radius 1 is 0.100 bits per heavy atom. The maximum Gasteiger partial charge on any atom is -0.0171 e. The zero-order chi connectivity index (χ0) is 39.8. The minimum Gasteiger partial charge on any atom is -0.0622 e. The average molecular weight is 761 g/mol. The first-order valence-corrected chi connectivity index (χ1v) is 20.7. The van der Waals surface area contributed by atoms with E-state index in [1.54, 1.807) is 0 Å². The van der Waals surface area contributed by atoms with Crippen molar-refractivity contribution in [3.63, 3.8) is 0 Å². The van der Waals surface area contributed by atoms with Gasteiger partial charge in [-0.05, 0) is 202 Å². The summed E-state index contributed by atoms with van der Waals surface area (Å²) in [6.45, 7) is 0. The van der Waals surface area contributed by atoms with Gasteiger partial charge in [0.25, 0.3) is 0 Å². The zero-order valence-electron chi connectivity index (χ0n) is 33.1. The van der Waals surface area contributed by atoms with Crippen LogP contribution in [0.15, 0.2) is 243 Å². The van der Waals surface area contributed by atoms with Crippen LogP contribution < -0.4 is 0 Å². The van der Waals surface area contributed by atoms with Gasteiger partial charge in [0.2, 0.25) is 0 Å². The van der Waals surface area contributed by atoms with Crippen LogP contribution in [0.25, 0.3) is 111 Å². The van der Waals surface area contributed by atoms with Crippen LogP contribution in [0, 0.1) is 0 Å². The van der Waals surface area contributed by atoms with Gasteiger partial charge in [0.1, 0.15) is 0 Å². The van der Waals surface area contributed by atoms with Crippen molar-refractivity contribution in [3.05, 3.63) is 243 Å². The third kappa shape index (κ3) is 6.95. The first-order valence-electron chi connectivity index (χ1n) is 20.7. The number of hydrogen-bond acceptors (Lipinski definition) is 0. The Bertz CT molecular complexity index is 2540. The second kappa shape index (κ2) is 15.2. The Kier molecular flexibility index (Phi) is 8.95. The second-order valence-corrected chi connectivity index (χ2v) is 15.8. The normalized spacial score (nSPS) is 11.3. The van der Waals surface area contributed by atoms with Gasteiger partial charge >= 0.3 is 0 Å². The molecule has 11 rings (SSSR count). The summed E-state index contributed by atoms with van der Waals surface area (Å²) in [6.07, 6.45) is 0. The maximum atomic E-state index is 2.39. The van der Waals surface area contributed by atoms with E-state index in [4.69, 9.17) is 0 Å². The second-order valence-electron chi connectivity index (χ2n) is 15.8. The molecule has 0 saturated carbocycles. The summed E-state index contributed by atoms with van der Waals surface area (Å²) < 4.78 is 0. The summed E-state index contributed by atoms with van der Waals surface area (Å²) in [7, 11) is 0. The summed E-state index contributed by atoms with van der Waals surface area (Å²) in [4.78, 5) is 0. The van der Waals surface area contributed by atoms with Crippen LogP contribution in [0.5, 0.6) is 0 Å². The van der Waals surface area contributed by atoms with Crippen molar-refractivity contribution in [1.82, 2.24) is 0 Å². The van der Waals surface area contributed by atoms with Gasteiger partial charge in [0, 0.05) is 0 Å². The molecule has 0 heteroatoms. The van der Waals surface area contributed by atoms with Gasteiger partial charge in [-0.25, -0.2) is 0 Å². The number of fused-ring (bicyclic) bond motifs is 15. The van der Waals surface area contributed by atoms with E-state index in [9.17, 15) is 0 Å². The average Bonchev–Trinajstić information content (AvgIpc) is 3.34. The topological polar surface area (TPSA) is 0 Å². The minimum atomic E-state index is 1.18. The Morgan fingerprint density at radius 3 is 0.317 bits per heavy atom. The van der Waals surface area contributed by atoms with Crippen molar-refractivity contribution in [2.45, 2.75) is 0 Å². The van der Waals surface area contributed by atoms with Crippen LogP contribution in [0.2, 0.25) is 0 Å². The fourth-order valence-corrected chi connectivity index (χ4v) is 8.79. The molecule has 0 aliphatic heterocycles. The van der Waals surface area contributed by atoms with Gasteiger partial charge < -0.3 is 0 Å². The first kappa shape index (κ1) is 35.4. The third-order valence-corrected chi connectivity index (χ3v) is 11.9. The number of benzene rings is 10. The molecule has 0 saturated heterocycles. The number of hydrogen-bond donors (Lipinski definition) is 0. The molecular weight excluding hydrogens is 721 g/mol. The fraction of sp³-hybridized carbons (Fsp3) is 0. The van der Waals surface area contributed by atoms with Gasteiger partial charge in [-0.1, -0.05) is 152 Å². The summed E-state index contributed by atoms with van der Waals surface area (Å²) >= 11 is 0. The largest absolute Gasteiger partial charge is 0.0622 e. The van der Waals surface area contributed by atoms with E-state index in [1.807, 2.05) is 0 Å². The molecule has 0 atom stereocenters. The van der Waals surface area contributed by atoms with Gasteiger partial charge in [-0.15, -0.1) is 0 Å². The highest BCUT2D eigenvalue weighted by Crippen LogP contribution is 2.43. The van der Waals surface area contributed by atoms with Crippen molar-refractivity contribution < 1.29 is 0 Å². The summed E-state index contributed by atoms with van der Waals surface area (Å²) in [5, 5.41) is 0. The highest BCUT2D eigenvalue weighted by atomic mass is 14.2. The molecule has 0 N–H and O–H groups in total. The van der Waals surface area contributed by atoms with Crippen LogP contribution in [-0.2, 0) is 0 Å². The lowest BCUT2D eigenvalue weighted by Gasteiger charge is -2.16. The van der Waals surface area contributed by atoms with Gasteiger partial charge in [0.15, 0.2) is 0 Å². The minimum absolute atomic E-state index is 1.18. The summed E-state index contributed by atoms with van der Waals surface area (Å²) in [6, 6.07) is 89.6. The molecule has 0 aromatic heterocycles. The van der Waals surface area contributed by atoms with Crippen LogP contribution >= 0.6 is 0 Å². The Balaban J connectivity index is 1.28. The van der Waals surface area contributed by atoms with E-state index < -0.39 is 0 Å². The predicted octanol–water partition coefficient (Wildman–Crippen LogP) is 16.7. The van der Waals surface area contributed by atoms with Gasteiger partial charge in [-0.2, -0.15) is 0 Å². The quantitative estimate of drug-likeness (QED) is 0.164. The van der Waals surface area contributed by atoms with Crippen LogP contribution in [0.1, 0.15) is 0 Å². The first-order chi connectivity index (χ1) is 29.7. The Morgan fingerprint density at radius 2 is 0.200 bits per heavy atom. The van der Waals surface area contributed by atoms with E-state index in [2.05, 4.69) is 243 Å². The third-order valence-electron chi connectivity index (χ3n) is 11.9. The van der Waals surface area contributed by atoms with Crippen molar-refractivity contribution in [2.24, 2.45) is 0 Å². The molecular formula is C60H40. The fourth-order valence-electron chi connectivity index (χ4n) is 8.79. The molecule has 0 radical (unpaired) electrons. The number of rotatable bonds is 5. The predicted molar refractivity (Wildman–Crippen MR) is 254 cm³/mol. The molecule has 0 amide bonds. The van der Waals surface area contributed by atoms with Crippen LogP contribution in [0.3, 0.4) is 0 Å². The van der Waals surface area contributed by atoms with Crippen LogP contribution in [-0.4, -0.2) is 0 Å². The highest BCUT2D eigenvalue weighted by molar-refractivity contribution is 5.92. The van der Waals surface area contributed by atoms with Crippen LogP contribution in [0.4, 0.5) is 0 Å². The molecule has 10 aromatic carbocycles. The molecule has 0 nitrogen and oxygen atoms in total. The molecule has 0 heterocycles. The lowest BCUT2D eigenvalue weighted by Crippen LogP contribution is -1.90. The van der Waals surface area contributed by atoms with Crippen molar-refractivity contribution in [2.75, 3.05) is 0 Å². The van der Waals surface area contributed by atoms with Gasteiger partial charge in [-0.3, -0.25) is 0 Å². The molecule has 10 bridgehead atoms. The van der Waals surface area contributed by atoms with E-state index in [1.165, 1.54) is 111 Å². The molecule has 0 unspecified atom stereocenters. The lowest BCUT2D eigenvalue weighted by atomic mass is 9.88. The van der Waals surface area contributed by atoms with E-state index >= 15 is 0 Å². The van der Waals surface area contributed by atoms with E-state index in [0.717, 1.165) is 0 Å². The SMILES string of the molecule is c1ccc(-c2cc3cc(c2)-c2cc(-c4ccccc4)cc(c2)-c2cc(-c4ccccc4)cc(c2)-c2cc(-c4ccccc4)cc(c2)-c2cc(-c4ccccc4)cc-3c2)cc1. The zero-order valence-corrected chi connectivity index (χ0v) is 33.1. The lowest BCUT2D eigenvalue weighted by molar-refractivity contribution is 1.54. The molecule has 1 aliphatic rings. The maximum absolute atomic E-state index is 2.39. The van der Waals surface area contributed by atoms with Gasteiger partial charge in [0.05, 0.1) is 0 Å². The molecule has 0 spiro atoms. The Labute approximate surface area is 352 Å². The monoisotopic (exact) mass is 760 g/mol. The van der Waals surface area contributed by atoms with E-state index in [0.29, 0.717) is 0 Å². The standard InChI is InChI=1S/C60H40/c1-6-16-41(17-7-1)46-26-51-36-52(27-46)54-29-48(43-20-10-3-11-21-43)31-56(38-54)58-33-50(45-24-14-5-15-25-45)35-60(40-58)59-34-49(44-22-12-4-13-23-44)32-57(39-59)55-30-47(28-53(51)37-55)42-18-8-2-9-19-42/h1-40H. The van der Waals surface area contributed by atoms with Crippen molar-refractivity contribution in [3.8, 4) is 111 Å². The molecule has 10 aromatic rings. The summed E-state index contributed by atoms with van der Waals surface area (Å²) in [5.74, 6) is 0. The van der Waals surface area contributed by atoms with Crippen molar-refractivity contribution in [1.29, 1.82) is 0 Å². The molecule has 0 fully saturated rings. The van der Waals surface area contributed by atoms with E-state index in [-0.39, 0.29) is 0 Å². The molecule has 1 aliphatic carbocycles. The summed E-state index contributed by atoms with van der Waals surface area (Å²) in [5.41, 5.74) is 23.7. The Hall–Kier alpha value is -7.80.